The van der Waals surface area contributed by atoms with Crippen molar-refractivity contribution in [3.8, 4) is 0 Å². The Morgan fingerprint density at radius 2 is 2.17 bits per heavy atom. The summed E-state index contributed by atoms with van der Waals surface area (Å²) in [4.78, 5) is 26.2. The van der Waals surface area contributed by atoms with Crippen molar-refractivity contribution in [3.05, 3.63) is 57.7 Å². The van der Waals surface area contributed by atoms with Gasteiger partial charge in [0.2, 0.25) is 5.78 Å². The van der Waals surface area contributed by atoms with E-state index in [0.717, 1.165) is 0 Å². The summed E-state index contributed by atoms with van der Waals surface area (Å²) in [5.74, 6) is -0.201. The number of aryl methyl sites for hydroxylation is 2. The highest BCUT2D eigenvalue weighted by atomic mass is 16.6. The maximum Gasteiger partial charge on any atom is 0.272 e. The van der Waals surface area contributed by atoms with Crippen LogP contribution in [0.25, 0.3) is 0 Å². The molecule has 0 bridgehead atoms. The maximum absolute atomic E-state index is 12.1. The van der Waals surface area contributed by atoms with Crippen LogP contribution in [0.1, 0.15) is 21.6 Å². The molecule has 0 saturated carbocycles. The van der Waals surface area contributed by atoms with Crippen LogP contribution in [0.2, 0.25) is 0 Å². The molecule has 0 fully saturated rings. The van der Waals surface area contributed by atoms with Crippen molar-refractivity contribution >= 4 is 11.5 Å². The van der Waals surface area contributed by atoms with Crippen molar-refractivity contribution in [2.45, 2.75) is 6.92 Å². The third-order valence-electron chi connectivity index (χ3n) is 2.70. The predicted molar refractivity (Wildman–Crippen MR) is 64.5 cm³/mol. The second-order valence-electron chi connectivity index (χ2n) is 3.98. The van der Waals surface area contributed by atoms with E-state index in [4.69, 9.17) is 0 Å². The lowest BCUT2D eigenvalue weighted by molar-refractivity contribution is -0.385. The average molecular weight is 245 g/mol. The Kier molecular flexibility index (Phi) is 2.93. The van der Waals surface area contributed by atoms with Crippen LogP contribution < -0.4 is 0 Å². The molecule has 1 aromatic heterocycles. The van der Waals surface area contributed by atoms with E-state index in [-0.39, 0.29) is 11.5 Å². The highest BCUT2D eigenvalue weighted by molar-refractivity contribution is 6.08. The van der Waals surface area contributed by atoms with Crippen LogP contribution in [0.4, 0.5) is 5.69 Å². The van der Waals surface area contributed by atoms with Gasteiger partial charge in [-0.3, -0.25) is 14.9 Å². The van der Waals surface area contributed by atoms with Crippen LogP contribution in [0.15, 0.2) is 30.7 Å². The number of rotatable bonds is 3. The molecule has 0 aliphatic rings. The molecule has 0 amide bonds. The molecule has 2 rings (SSSR count). The van der Waals surface area contributed by atoms with Crippen molar-refractivity contribution in [2.75, 3.05) is 0 Å². The topological polar surface area (TPSA) is 78.0 Å². The summed E-state index contributed by atoms with van der Waals surface area (Å²) in [6, 6.07) is 4.33. The SMILES string of the molecule is Cc1cc(C(=O)c2cncn2C)ccc1[N+](=O)[O-]. The van der Waals surface area contributed by atoms with Gasteiger partial charge in [0, 0.05) is 24.2 Å². The van der Waals surface area contributed by atoms with Gasteiger partial charge in [0.15, 0.2) is 0 Å². The number of aromatic nitrogens is 2. The van der Waals surface area contributed by atoms with Gasteiger partial charge >= 0.3 is 0 Å². The first kappa shape index (κ1) is 12.0. The van der Waals surface area contributed by atoms with E-state index < -0.39 is 4.92 Å². The molecule has 1 aromatic carbocycles. The normalized spacial score (nSPS) is 10.3. The van der Waals surface area contributed by atoms with Gasteiger partial charge in [0.25, 0.3) is 5.69 Å². The van der Waals surface area contributed by atoms with Crippen molar-refractivity contribution in [2.24, 2.45) is 7.05 Å². The molecule has 0 unspecified atom stereocenters. The molecule has 1 heterocycles. The lowest BCUT2D eigenvalue weighted by Gasteiger charge is -2.03. The first-order chi connectivity index (χ1) is 8.50. The Balaban J connectivity index is 2.42. The smallest absolute Gasteiger partial charge is 0.272 e. The standard InChI is InChI=1S/C12H11N3O3/c1-8-5-9(3-4-10(8)15(17)18)12(16)11-6-13-7-14(11)2/h3-7H,1-2H3. The van der Waals surface area contributed by atoms with E-state index >= 15 is 0 Å². The average Bonchev–Trinajstić information content (AvgIpc) is 2.74. The van der Waals surface area contributed by atoms with E-state index in [0.29, 0.717) is 16.8 Å². The molecule has 6 heteroatoms. The predicted octanol–water partition coefficient (Wildman–Crippen LogP) is 1.87. The summed E-state index contributed by atoms with van der Waals surface area (Å²) in [7, 11) is 1.72. The van der Waals surface area contributed by atoms with E-state index in [2.05, 4.69) is 4.98 Å². The quantitative estimate of drug-likeness (QED) is 0.469. The number of nitrogens with zero attached hydrogens (tertiary/aromatic N) is 3. The molecular weight excluding hydrogens is 234 g/mol. The summed E-state index contributed by atoms with van der Waals surface area (Å²) in [5.41, 5.74) is 1.34. The van der Waals surface area contributed by atoms with Gasteiger partial charge in [-0.05, 0) is 19.1 Å². The number of nitro benzene ring substituents is 1. The van der Waals surface area contributed by atoms with Gasteiger partial charge in [0.05, 0.1) is 17.4 Å². The van der Waals surface area contributed by atoms with Gasteiger partial charge < -0.3 is 4.57 Å². The van der Waals surface area contributed by atoms with Crippen molar-refractivity contribution in [3.63, 3.8) is 0 Å². The molecule has 0 radical (unpaired) electrons. The van der Waals surface area contributed by atoms with Gasteiger partial charge in [0.1, 0.15) is 5.69 Å². The largest absolute Gasteiger partial charge is 0.331 e. The molecule has 0 saturated heterocycles. The first-order valence-corrected chi connectivity index (χ1v) is 5.27. The minimum absolute atomic E-state index is 0.0107. The van der Waals surface area contributed by atoms with Crippen LogP contribution in [-0.4, -0.2) is 20.3 Å². The molecule has 0 aliphatic heterocycles. The summed E-state index contributed by atoms with van der Waals surface area (Å²) in [5, 5.41) is 10.7. The molecular formula is C12H11N3O3. The summed E-state index contributed by atoms with van der Waals surface area (Å²) in [6.45, 7) is 1.61. The molecule has 18 heavy (non-hydrogen) atoms. The molecule has 0 atom stereocenters. The Labute approximate surface area is 103 Å². The van der Waals surface area contributed by atoms with Crippen molar-refractivity contribution in [1.29, 1.82) is 0 Å². The molecule has 0 aliphatic carbocycles. The van der Waals surface area contributed by atoms with Crippen molar-refractivity contribution in [1.82, 2.24) is 9.55 Å². The van der Waals surface area contributed by atoms with E-state index in [1.54, 1.807) is 18.5 Å². The van der Waals surface area contributed by atoms with Gasteiger partial charge in [-0.1, -0.05) is 0 Å². The number of benzene rings is 1. The molecule has 0 spiro atoms. The fourth-order valence-electron chi connectivity index (χ4n) is 1.73. The fourth-order valence-corrected chi connectivity index (χ4v) is 1.73. The summed E-state index contributed by atoms with van der Waals surface area (Å²) < 4.78 is 1.61. The molecule has 0 N–H and O–H groups in total. The van der Waals surface area contributed by atoms with Crippen LogP contribution in [0.3, 0.4) is 0 Å². The van der Waals surface area contributed by atoms with Gasteiger partial charge in [-0.2, -0.15) is 0 Å². The first-order valence-electron chi connectivity index (χ1n) is 5.27. The zero-order chi connectivity index (χ0) is 13.3. The second-order valence-corrected chi connectivity index (χ2v) is 3.98. The number of hydrogen-bond acceptors (Lipinski definition) is 4. The molecule has 92 valence electrons. The summed E-state index contributed by atoms with van der Waals surface area (Å²) in [6.07, 6.45) is 3.00. The van der Waals surface area contributed by atoms with Gasteiger partial charge in [-0.15, -0.1) is 0 Å². The minimum Gasteiger partial charge on any atom is -0.331 e. The highest BCUT2D eigenvalue weighted by Crippen LogP contribution is 2.20. The van der Waals surface area contributed by atoms with Gasteiger partial charge in [-0.25, -0.2) is 4.98 Å². The zero-order valence-electron chi connectivity index (χ0n) is 9.95. The Hall–Kier alpha value is -2.50. The monoisotopic (exact) mass is 245 g/mol. The van der Waals surface area contributed by atoms with Crippen molar-refractivity contribution < 1.29 is 9.72 Å². The third-order valence-corrected chi connectivity index (χ3v) is 2.70. The second kappa shape index (κ2) is 4.40. The number of ketones is 1. The Bertz CT molecular complexity index is 631. The lowest BCUT2D eigenvalue weighted by Crippen LogP contribution is -2.07. The number of nitro groups is 1. The molecule has 2 aromatic rings. The molecule has 6 nitrogen and oxygen atoms in total. The van der Waals surface area contributed by atoms with Crippen LogP contribution >= 0.6 is 0 Å². The highest BCUT2D eigenvalue weighted by Gasteiger charge is 2.16. The lowest BCUT2D eigenvalue weighted by atomic mass is 10.0. The van der Waals surface area contributed by atoms with E-state index in [9.17, 15) is 14.9 Å². The number of imidazole rings is 1. The Morgan fingerprint density at radius 1 is 1.44 bits per heavy atom. The number of carbonyl (C=O) groups excluding carboxylic acids is 1. The van der Waals surface area contributed by atoms with Crippen LogP contribution in [0, 0.1) is 17.0 Å². The van der Waals surface area contributed by atoms with E-state index in [1.807, 2.05) is 0 Å². The summed E-state index contributed by atoms with van der Waals surface area (Å²) >= 11 is 0. The number of hydrogen-bond donors (Lipinski definition) is 0. The van der Waals surface area contributed by atoms with E-state index in [1.165, 1.54) is 30.7 Å². The minimum atomic E-state index is -0.465. The maximum atomic E-state index is 12.1. The Morgan fingerprint density at radius 3 is 2.67 bits per heavy atom. The number of carbonyl (C=O) groups is 1. The van der Waals surface area contributed by atoms with Crippen LogP contribution in [-0.2, 0) is 7.05 Å². The zero-order valence-corrected chi connectivity index (χ0v) is 9.95. The fraction of sp³-hybridized carbons (Fsp3) is 0.167. The third kappa shape index (κ3) is 2.00. The van der Waals surface area contributed by atoms with Crippen LogP contribution in [0.5, 0.6) is 0 Å².